The number of thioether (sulfide) groups is 1. The van der Waals surface area contributed by atoms with E-state index in [2.05, 4.69) is 0 Å². The Labute approximate surface area is 138 Å². The van der Waals surface area contributed by atoms with Crippen molar-refractivity contribution in [1.82, 2.24) is 4.90 Å². The quantitative estimate of drug-likeness (QED) is 0.851. The Morgan fingerprint density at radius 3 is 1.87 bits per heavy atom. The minimum Gasteiger partial charge on any atom is -0.274 e. The van der Waals surface area contributed by atoms with Gasteiger partial charge in [0, 0.05) is 12.7 Å². The minimum absolute atomic E-state index is 0.280. The van der Waals surface area contributed by atoms with Crippen LogP contribution in [-0.2, 0) is 15.0 Å². The summed E-state index contributed by atoms with van der Waals surface area (Å²) in [4.78, 5) is 37.8. The van der Waals surface area contributed by atoms with Gasteiger partial charge in [-0.25, -0.2) is 4.90 Å². The Balaban J connectivity index is 2.23. The van der Waals surface area contributed by atoms with Crippen LogP contribution in [-0.4, -0.2) is 27.7 Å². The van der Waals surface area contributed by atoms with Crippen molar-refractivity contribution in [2.45, 2.75) is 12.3 Å². The second-order valence-corrected chi connectivity index (χ2v) is 6.28. The highest BCUT2D eigenvalue weighted by atomic mass is 32.2. The molecular formula is C18H15NO3S. The SMILES string of the molecule is CC(=O)N1C(=O)SCC(c2ccccc2)(c2ccccc2)C1=O. The predicted molar refractivity (Wildman–Crippen MR) is 89.0 cm³/mol. The van der Waals surface area contributed by atoms with Crippen LogP contribution >= 0.6 is 11.8 Å². The largest absolute Gasteiger partial charge is 0.295 e. The maximum absolute atomic E-state index is 13.2. The number of imide groups is 3. The van der Waals surface area contributed by atoms with Gasteiger partial charge in [0.25, 0.3) is 11.1 Å². The summed E-state index contributed by atoms with van der Waals surface area (Å²) in [5, 5.41) is -0.509. The van der Waals surface area contributed by atoms with Crippen molar-refractivity contribution in [2.75, 3.05) is 5.75 Å². The van der Waals surface area contributed by atoms with E-state index in [1.165, 1.54) is 6.92 Å². The van der Waals surface area contributed by atoms with Crippen molar-refractivity contribution in [3.63, 3.8) is 0 Å². The lowest BCUT2D eigenvalue weighted by molar-refractivity contribution is -0.141. The number of rotatable bonds is 2. The van der Waals surface area contributed by atoms with Gasteiger partial charge in [-0.1, -0.05) is 72.4 Å². The fraction of sp³-hybridized carbons (Fsp3) is 0.167. The highest BCUT2D eigenvalue weighted by Crippen LogP contribution is 2.41. The number of carbonyl (C=O) groups excluding carboxylic acids is 3. The van der Waals surface area contributed by atoms with E-state index in [1.807, 2.05) is 60.7 Å². The molecule has 2 aromatic carbocycles. The van der Waals surface area contributed by atoms with Crippen molar-refractivity contribution in [3.05, 3.63) is 71.8 Å². The molecule has 0 N–H and O–H groups in total. The molecule has 3 amide bonds. The average molecular weight is 325 g/mol. The zero-order valence-corrected chi connectivity index (χ0v) is 13.4. The molecule has 1 aliphatic heterocycles. The fourth-order valence-electron chi connectivity index (χ4n) is 2.87. The van der Waals surface area contributed by atoms with Crippen LogP contribution in [0.2, 0.25) is 0 Å². The summed E-state index contributed by atoms with van der Waals surface area (Å²) in [6.45, 7) is 1.24. The molecule has 0 bridgehead atoms. The third-order valence-corrected chi connectivity index (χ3v) is 5.02. The topological polar surface area (TPSA) is 54.5 Å². The third-order valence-electron chi connectivity index (χ3n) is 4.01. The van der Waals surface area contributed by atoms with Crippen LogP contribution in [0.1, 0.15) is 18.1 Å². The zero-order chi connectivity index (χ0) is 16.4. The number of amides is 3. The highest BCUT2D eigenvalue weighted by Gasteiger charge is 2.51. The van der Waals surface area contributed by atoms with Crippen molar-refractivity contribution >= 4 is 28.8 Å². The number of hydrogen-bond donors (Lipinski definition) is 0. The van der Waals surface area contributed by atoms with Crippen LogP contribution in [0.15, 0.2) is 60.7 Å². The molecule has 3 rings (SSSR count). The molecule has 0 aromatic heterocycles. The van der Waals surface area contributed by atoms with Gasteiger partial charge in [0.1, 0.15) is 5.41 Å². The first-order valence-corrected chi connectivity index (χ1v) is 8.19. The minimum atomic E-state index is -1.03. The third kappa shape index (κ3) is 2.47. The fourth-order valence-corrected chi connectivity index (χ4v) is 4.00. The van der Waals surface area contributed by atoms with Crippen molar-refractivity contribution < 1.29 is 14.4 Å². The number of carbonyl (C=O) groups is 3. The van der Waals surface area contributed by atoms with Gasteiger partial charge in [-0.15, -0.1) is 0 Å². The number of benzene rings is 2. The van der Waals surface area contributed by atoms with E-state index in [1.54, 1.807) is 0 Å². The molecule has 0 unspecified atom stereocenters. The molecule has 5 heteroatoms. The van der Waals surface area contributed by atoms with E-state index >= 15 is 0 Å². The molecule has 2 aromatic rings. The number of nitrogens with zero attached hydrogens (tertiary/aromatic N) is 1. The van der Waals surface area contributed by atoms with E-state index in [4.69, 9.17) is 0 Å². The van der Waals surface area contributed by atoms with E-state index in [0.717, 1.165) is 27.8 Å². The monoisotopic (exact) mass is 325 g/mol. The van der Waals surface area contributed by atoms with Gasteiger partial charge >= 0.3 is 0 Å². The summed E-state index contributed by atoms with van der Waals surface area (Å²) in [5.74, 6) is -0.753. The average Bonchev–Trinajstić information content (AvgIpc) is 2.57. The van der Waals surface area contributed by atoms with Crippen LogP contribution in [0.4, 0.5) is 4.79 Å². The summed E-state index contributed by atoms with van der Waals surface area (Å²) in [6, 6.07) is 18.6. The van der Waals surface area contributed by atoms with Crippen LogP contribution < -0.4 is 0 Å². The molecule has 0 saturated carbocycles. The van der Waals surface area contributed by atoms with Gasteiger partial charge in [-0.2, -0.15) is 0 Å². The van der Waals surface area contributed by atoms with Crippen LogP contribution in [0.25, 0.3) is 0 Å². The van der Waals surface area contributed by atoms with Gasteiger partial charge in [-0.3, -0.25) is 14.4 Å². The predicted octanol–water partition coefficient (Wildman–Crippen LogP) is 3.21. The Morgan fingerprint density at radius 2 is 1.43 bits per heavy atom. The van der Waals surface area contributed by atoms with Gasteiger partial charge in [-0.05, 0) is 11.1 Å². The molecule has 1 heterocycles. The summed E-state index contributed by atoms with van der Waals surface area (Å²) in [7, 11) is 0. The van der Waals surface area contributed by atoms with Crippen molar-refractivity contribution in [2.24, 2.45) is 0 Å². The lowest BCUT2D eigenvalue weighted by Gasteiger charge is -2.39. The maximum Gasteiger partial charge on any atom is 0.295 e. The summed E-state index contributed by atoms with van der Waals surface area (Å²) >= 11 is 1.00. The summed E-state index contributed by atoms with van der Waals surface area (Å²) < 4.78 is 0. The van der Waals surface area contributed by atoms with Gasteiger partial charge in [0.2, 0.25) is 5.91 Å². The normalized spacial score (nSPS) is 17.2. The molecule has 23 heavy (non-hydrogen) atoms. The maximum atomic E-state index is 13.2. The second kappa shape index (κ2) is 6.01. The van der Waals surface area contributed by atoms with E-state index in [0.29, 0.717) is 0 Å². The zero-order valence-electron chi connectivity index (χ0n) is 12.6. The first-order chi connectivity index (χ1) is 11.1. The Kier molecular flexibility index (Phi) is 4.05. The lowest BCUT2D eigenvalue weighted by Crippen LogP contribution is -2.56. The molecular weight excluding hydrogens is 310 g/mol. The summed E-state index contributed by atoms with van der Waals surface area (Å²) in [5.41, 5.74) is 0.525. The summed E-state index contributed by atoms with van der Waals surface area (Å²) in [6.07, 6.45) is 0. The molecule has 0 aliphatic carbocycles. The molecule has 0 spiro atoms. The Hall–Kier alpha value is -2.40. The standard InChI is InChI=1S/C18H15NO3S/c1-13(20)19-16(21)18(12-23-17(19)22,14-8-4-2-5-9-14)15-10-6-3-7-11-15/h2-11H,12H2,1H3. The Bertz CT molecular complexity index is 719. The lowest BCUT2D eigenvalue weighted by atomic mass is 9.74. The van der Waals surface area contributed by atoms with Gasteiger partial charge in [0.15, 0.2) is 0 Å². The first kappa shape index (κ1) is 15.5. The van der Waals surface area contributed by atoms with E-state index in [9.17, 15) is 14.4 Å². The second-order valence-electron chi connectivity index (χ2n) is 5.35. The number of hydrogen-bond acceptors (Lipinski definition) is 4. The van der Waals surface area contributed by atoms with Crippen LogP contribution in [0.5, 0.6) is 0 Å². The highest BCUT2D eigenvalue weighted by molar-refractivity contribution is 8.13. The van der Waals surface area contributed by atoms with Crippen LogP contribution in [0.3, 0.4) is 0 Å². The van der Waals surface area contributed by atoms with E-state index < -0.39 is 22.5 Å². The van der Waals surface area contributed by atoms with E-state index in [-0.39, 0.29) is 5.75 Å². The van der Waals surface area contributed by atoms with Crippen molar-refractivity contribution in [3.8, 4) is 0 Å². The molecule has 1 fully saturated rings. The van der Waals surface area contributed by atoms with Crippen LogP contribution in [0, 0.1) is 0 Å². The Morgan fingerprint density at radius 1 is 0.957 bits per heavy atom. The molecule has 0 radical (unpaired) electrons. The molecule has 116 valence electrons. The molecule has 1 aliphatic rings. The molecule has 4 nitrogen and oxygen atoms in total. The van der Waals surface area contributed by atoms with Gasteiger partial charge in [0.05, 0.1) is 0 Å². The van der Waals surface area contributed by atoms with Gasteiger partial charge < -0.3 is 0 Å². The molecule has 0 atom stereocenters. The molecule has 1 saturated heterocycles. The van der Waals surface area contributed by atoms with Crippen molar-refractivity contribution in [1.29, 1.82) is 0 Å². The smallest absolute Gasteiger partial charge is 0.274 e. The first-order valence-electron chi connectivity index (χ1n) is 7.20.